The first kappa shape index (κ1) is 20.4. The summed E-state index contributed by atoms with van der Waals surface area (Å²) in [6.45, 7) is 5.10. The number of pyridine rings is 1. The highest BCUT2D eigenvalue weighted by Crippen LogP contribution is 2.40. The second kappa shape index (κ2) is 8.07. The molecule has 0 amide bonds. The summed E-state index contributed by atoms with van der Waals surface area (Å²) in [6, 6.07) is 32.6. The summed E-state index contributed by atoms with van der Waals surface area (Å²) in [5, 5.41) is 5.18. The maximum atomic E-state index is 5.39. The maximum Gasteiger partial charge on any atom is 0.0781 e. The van der Waals surface area contributed by atoms with E-state index in [1.807, 2.05) is 0 Å². The number of nitrogens with zero attached hydrogens (tertiary/aromatic N) is 2. The van der Waals surface area contributed by atoms with Crippen LogP contribution >= 0.6 is 0 Å². The molecule has 1 N–H and O–H groups in total. The van der Waals surface area contributed by atoms with Gasteiger partial charge in [-0.3, -0.25) is 4.90 Å². The summed E-state index contributed by atoms with van der Waals surface area (Å²) in [5.41, 5.74) is 10.0. The fraction of sp³-hybridized carbons (Fsp3) is 0.156. The summed E-state index contributed by atoms with van der Waals surface area (Å²) < 4.78 is 0. The zero-order chi connectivity index (χ0) is 23.4. The first-order chi connectivity index (χ1) is 17.3. The van der Waals surface area contributed by atoms with Crippen LogP contribution in [0.4, 0.5) is 0 Å². The second-order valence-corrected chi connectivity index (χ2v) is 9.72. The number of hydrogen-bond donors (Lipinski definition) is 1. The highest BCUT2D eigenvalue weighted by atomic mass is 15.1. The molecule has 0 saturated carbocycles. The standard InChI is InChI=1S/C32H27N3/c1-21-30(26-13-7-8-14-28(26)33-21)32-27-20-35(19-22-9-3-2-4-10-22)18-17-25(27)31-24-12-6-5-11-23(24)15-16-29(31)34-32/h2-16,33H,17-20H2,1H3. The molecule has 170 valence electrons. The fourth-order valence-corrected chi connectivity index (χ4v) is 5.94. The van der Waals surface area contributed by atoms with Crippen molar-refractivity contribution >= 4 is 32.6 Å². The van der Waals surface area contributed by atoms with Gasteiger partial charge in [0.05, 0.1) is 11.2 Å². The van der Waals surface area contributed by atoms with Gasteiger partial charge in [-0.15, -0.1) is 0 Å². The van der Waals surface area contributed by atoms with Gasteiger partial charge in [0.2, 0.25) is 0 Å². The van der Waals surface area contributed by atoms with Crippen molar-refractivity contribution in [3.8, 4) is 11.3 Å². The number of hydrogen-bond acceptors (Lipinski definition) is 2. The van der Waals surface area contributed by atoms with Gasteiger partial charge in [0, 0.05) is 47.2 Å². The first-order valence-corrected chi connectivity index (χ1v) is 12.4. The molecule has 0 bridgehead atoms. The number of H-pyrrole nitrogens is 1. The van der Waals surface area contributed by atoms with E-state index in [9.17, 15) is 0 Å². The van der Waals surface area contributed by atoms with Gasteiger partial charge in [-0.05, 0) is 52.9 Å². The van der Waals surface area contributed by atoms with Gasteiger partial charge in [-0.1, -0.05) is 78.9 Å². The number of nitrogens with one attached hydrogen (secondary N) is 1. The lowest BCUT2D eigenvalue weighted by Crippen LogP contribution is -2.31. The molecule has 0 aliphatic carbocycles. The molecule has 0 radical (unpaired) electrons. The van der Waals surface area contributed by atoms with Crippen LogP contribution in [0.1, 0.15) is 22.4 Å². The zero-order valence-corrected chi connectivity index (χ0v) is 19.9. The van der Waals surface area contributed by atoms with Crippen LogP contribution in [0.25, 0.3) is 43.8 Å². The molecule has 0 spiro atoms. The van der Waals surface area contributed by atoms with Gasteiger partial charge in [0.25, 0.3) is 0 Å². The van der Waals surface area contributed by atoms with Crippen LogP contribution in [0.5, 0.6) is 0 Å². The number of aromatic nitrogens is 2. The topological polar surface area (TPSA) is 31.9 Å². The smallest absolute Gasteiger partial charge is 0.0781 e. The van der Waals surface area contributed by atoms with Gasteiger partial charge in [-0.25, -0.2) is 4.98 Å². The number of benzene rings is 4. The third-order valence-corrected chi connectivity index (χ3v) is 7.53. The van der Waals surface area contributed by atoms with Gasteiger partial charge in [0.1, 0.15) is 0 Å². The minimum absolute atomic E-state index is 0.907. The van der Waals surface area contributed by atoms with E-state index in [-0.39, 0.29) is 0 Å². The van der Waals surface area contributed by atoms with Crippen molar-refractivity contribution in [2.75, 3.05) is 6.54 Å². The molecule has 6 aromatic rings. The first-order valence-electron chi connectivity index (χ1n) is 12.4. The Balaban J connectivity index is 1.48. The average Bonchev–Trinajstić information content (AvgIpc) is 3.24. The molecule has 4 aromatic carbocycles. The van der Waals surface area contributed by atoms with E-state index in [2.05, 4.69) is 108 Å². The van der Waals surface area contributed by atoms with E-state index in [1.54, 1.807) is 0 Å². The third kappa shape index (κ3) is 3.35. The fourth-order valence-electron chi connectivity index (χ4n) is 5.94. The predicted octanol–water partition coefficient (Wildman–Crippen LogP) is 7.40. The summed E-state index contributed by atoms with van der Waals surface area (Å²) >= 11 is 0. The van der Waals surface area contributed by atoms with E-state index < -0.39 is 0 Å². The van der Waals surface area contributed by atoms with Gasteiger partial charge >= 0.3 is 0 Å². The predicted molar refractivity (Wildman–Crippen MR) is 146 cm³/mol. The SMILES string of the molecule is Cc1[nH]c2ccccc2c1-c1nc2ccc3ccccc3c2c2c1CN(Cc1ccccc1)CC2. The normalized spacial score (nSPS) is 14.1. The molecule has 0 atom stereocenters. The molecule has 35 heavy (non-hydrogen) atoms. The van der Waals surface area contributed by atoms with Crippen molar-refractivity contribution in [3.05, 3.63) is 113 Å². The number of rotatable bonds is 3. The highest BCUT2D eigenvalue weighted by Gasteiger charge is 2.26. The average molecular weight is 454 g/mol. The minimum Gasteiger partial charge on any atom is -0.358 e. The Morgan fingerprint density at radius 1 is 0.800 bits per heavy atom. The van der Waals surface area contributed by atoms with Crippen molar-refractivity contribution < 1.29 is 0 Å². The molecule has 7 rings (SSSR count). The zero-order valence-electron chi connectivity index (χ0n) is 19.9. The van der Waals surface area contributed by atoms with Crippen LogP contribution in [-0.2, 0) is 19.5 Å². The lowest BCUT2D eigenvalue weighted by molar-refractivity contribution is 0.246. The Morgan fingerprint density at radius 2 is 1.57 bits per heavy atom. The number of para-hydroxylation sites is 1. The molecule has 3 nitrogen and oxygen atoms in total. The molecule has 2 aromatic heterocycles. The van der Waals surface area contributed by atoms with E-state index in [0.29, 0.717) is 0 Å². The molecule has 0 fully saturated rings. The van der Waals surface area contributed by atoms with Crippen molar-refractivity contribution in [2.45, 2.75) is 26.4 Å². The van der Waals surface area contributed by atoms with Crippen LogP contribution in [-0.4, -0.2) is 21.4 Å². The van der Waals surface area contributed by atoms with Crippen molar-refractivity contribution in [1.82, 2.24) is 14.9 Å². The largest absolute Gasteiger partial charge is 0.358 e. The van der Waals surface area contributed by atoms with Gasteiger partial charge < -0.3 is 4.98 Å². The Labute approximate surface area is 205 Å². The number of aryl methyl sites for hydroxylation is 1. The van der Waals surface area contributed by atoms with Gasteiger partial charge in [-0.2, -0.15) is 0 Å². The van der Waals surface area contributed by atoms with Crippen molar-refractivity contribution in [3.63, 3.8) is 0 Å². The van der Waals surface area contributed by atoms with E-state index >= 15 is 0 Å². The molecule has 1 aliphatic heterocycles. The molecule has 0 saturated heterocycles. The van der Waals surface area contributed by atoms with Crippen LogP contribution in [0.15, 0.2) is 91.0 Å². The molecule has 3 heterocycles. The Bertz CT molecular complexity index is 1710. The Kier molecular flexibility index (Phi) is 4.71. The molecular formula is C32H27N3. The molecule has 3 heteroatoms. The van der Waals surface area contributed by atoms with Crippen LogP contribution in [0.2, 0.25) is 0 Å². The summed E-state index contributed by atoms with van der Waals surface area (Å²) in [4.78, 5) is 11.6. The summed E-state index contributed by atoms with van der Waals surface area (Å²) in [5.74, 6) is 0. The quantitative estimate of drug-likeness (QED) is 0.283. The third-order valence-electron chi connectivity index (χ3n) is 7.53. The highest BCUT2D eigenvalue weighted by molar-refractivity contribution is 6.10. The maximum absolute atomic E-state index is 5.39. The molecular weight excluding hydrogens is 426 g/mol. The van der Waals surface area contributed by atoms with E-state index in [4.69, 9.17) is 4.98 Å². The van der Waals surface area contributed by atoms with Gasteiger partial charge in [0.15, 0.2) is 0 Å². The Hall–Kier alpha value is -3.95. The monoisotopic (exact) mass is 453 g/mol. The van der Waals surface area contributed by atoms with Crippen molar-refractivity contribution in [1.29, 1.82) is 0 Å². The van der Waals surface area contributed by atoms with E-state index in [0.717, 1.165) is 37.3 Å². The Morgan fingerprint density at radius 3 is 2.46 bits per heavy atom. The van der Waals surface area contributed by atoms with Crippen LogP contribution in [0.3, 0.4) is 0 Å². The van der Waals surface area contributed by atoms with E-state index in [1.165, 1.54) is 55.0 Å². The minimum atomic E-state index is 0.907. The van der Waals surface area contributed by atoms with Crippen molar-refractivity contribution in [2.24, 2.45) is 0 Å². The number of fused-ring (bicyclic) bond motifs is 6. The summed E-state index contributed by atoms with van der Waals surface area (Å²) in [7, 11) is 0. The lowest BCUT2D eigenvalue weighted by atomic mass is 9.89. The summed E-state index contributed by atoms with van der Waals surface area (Å²) in [6.07, 6.45) is 1.03. The number of aromatic amines is 1. The lowest BCUT2D eigenvalue weighted by Gasteiger charge is -2.31. The van der Waals surface area contributed by atoms with Crippen LogP contribution in [0, 0.1) is 6.92 Å². The molecule has 1 aliphatic rings. The second-order valence-electron chi connectivity index (χ2n) is 9.72. The molecule has 0 unspecified atom stereocenters. The van der Waals surface area contributed by atoms with Crippen LogP contribution < -0.4 is 0 Å².